The van der Waals surface area contributed by atoms with E-state index < -0.39 is 0 Å². The summed E-state index contributed by atoms with van der Waals surface area (Å²) in [4.78, 5) is 26.6. The van der Waals surface area contributed by atoms with Crippen LogP contribution in [0.2, 0.25) is 5.02 Å². The zero-order chi connectivity index (χ0) is 15.8. The number of rotatable bonds is 6. The molecule has 2 rings (SSSR count). The van der Waals surface area contributed by atoms with E-state index in [2.05, 4.69) is 5.32 Å². The second kappa shape index (κ2) is 9.06. The van der Waals surface area contributed by atoms with E-state index in [-0.39, 0.29) is 18.4 Å². The largest absolute Gasteiger partial charge is 0.347 e. The average molecular weight is 341 g/mol. The zero-order valence-electron chi connectivity index (χ0n) is 12.5. The molecule has 4 nitrogen and oxygen atoms in total. The molecule has 1 aromatic rings. The number of nitrogens with one attached hydrogen (secondary N) is 1. The first-order valence-corrected chi connectivity index (χ1v) is 8.94. The minimum Gasteiger partial charge on any atom is -0.347 e. The molecular weight excluding hydrogens is 320 g/mol. The van der Waals surface area contributed by atoms with Crippen molar-refractivity contribution in [1.82, 2.24) is 10.2 Å². The third-order valence-electron chi connectivity index (χ3n) is 3.56. The van der Waals surface area contributed by atoms with Gasteiger partial charge in [0, 0.05) is 35.2 Å². The highest BCUT2D eigenvalue weighted by Gasteiger charge is 2.16. The first-order valence-electron chi connectivity index (χ1n) is 7.58. The van der Waals surface area contributed by atoms with Gasteiger partial charge in [-0.05, 0) is 43.5 Å². The van der Waals surface area contributed by atoms with Crippen LogP contribution in [0.5, 0.6) is 0 Å². The fraction of sp³-hybridized carbons (Fsp3) is 0.500. The Bertz CT molecular complexity index is 501. The van der Waals surface area contributed by atoms with E-state index in [0.717, 1.165) is 30.8 Å². The van der Waals surface area contributed by atoms with Gasteiger partial charge in [0.1, 0.15) is 0 Å². The Morgan fingerprint density at radius 2 is 1.82 bits per heavy atom. The van der Waals surface area contributed by atoms with E-state index in [1.165, 1.54) is 6.42 Å². The first kappa shape index (κ1) is 17.2. The number of likely N-dealkylation sites (tertiary alicyclic amines) is 1. The van der Waals surface area contributed by atoms with E-state index in [4.69, 9.17) is 11.6 Å². The Hall–Kier alpha value is -1.20. The maximum Gasteiger partial charge on any atom is 0.241 e. The number of carbonyl (C=O) groups excluding carboxylic acids is 2. The summed E-state index contributed by atoms with van der Waals surface area (Å²) in [5.74, 6) is 0.635. The second-order valence-corrected chi connectivity index (χ2v) is 6.88. The topological polar surface area (TPSA) is 49.4 Å². The number of hydrogen-bond acceptors (Lipinski definition) is 3. The minimum absolute atomic E-state index is 0.0263. The molecule has 120 valence electrons. The van der Waals surface area contributed by atoms with Gasteiger partial charge in [0.2, 0.25) is 11.8 Å². The van der Waals surface area contributed by atoms with Crippen LogP contribution in [0, 0.1) is 0 Å². The molecule has 0 bridgehead atoms. The molecule has 22 heavy (non-hydrogen) atoms. The Morgan fingerprint density at radius 1 is 1.14 bits per heavy atom. The van der Waals surface area contributed by atoms with Gasteiger partial charge < -0.3 is 10.2 Å². The van der Waals surface area contributed by atoms with Crippen molar-refractivity contribution in [2.75, 3.05) is 25.4 Å². The lowest BCUT2D eigenvalue weighted by atomic mass is 10.1. The van der Waals surface area contributed by atoms with E-state index >= 15 is 0 Å². The summed E-state index contributed by atoms with van der Waals surface area (Å²) in [6.45, 7) is 1.76. The van der Waals surface area contributed by atoms with Crippen molar-refractivity contribution >= 4 is 35.2 Å². The highest BCUT2D eigenvalue weighted by molar-refractivity contribution is 7.99. The third kappa shape index (κ3) is 5.89. The van der Waals surface area contributed by atoms with Crippen LogP contribution in [-0.4, -0.2) is 42.1 Å². The standard InChI is InChI=1S/C16H21ClN2O2S/c17-13-4-6-14(7-5-13)22-11-8-15(20)18-12-16(21)19-9-2-1-3-10-19/h4-7H,1-3,8-12H2,(H,18,20). The molecule has 0 saturated carbocycles. The van der Waals surface area contributed by atoms with Crippen LogP contribution in [0.25, 0.3) is 0 Å². The number of carbonyl (C=O) groups is 2. The van der Waals surface area contributed by atoms with Crippen molar-refractivity contribution in [2.45, 2.75) is 30.6 Å². The molecule has 1 saturated heterocycles. The molecular formula is C16H21ClN2O2S. The molecule has 1 N–H and O–H groups in total. The van der Waals surface area contributed by atoms with Crippen LogP contribution in [0.3, 0.4) is 0 Å². The predicted molar refractivity (Wildman–Crippen MR) is 90.2 cm³/mol. The van der Waals surface area contributed by atoms with E-state index in [9.17, 15) is 9.59 Å². The molecule has 0 radical (unpaired) electrons. The van der Waals surface area contributed by atoms with Gasteiger partial charge in [-0.3, -0.25) is 9.59 Å². The summed E-state index contributed by atoms with van der Waals surface area (Å²) >= 11 is 7.43. The van der Waals surface area contributed by atoms with Crippen molar-refractivity contribution in [3.63, 3.8) is 0 Å². The van der Waals surface area contributed by atoms with E-state index in [1.54, 1.807) is 11.8 Å². The molecule has 6 heteroatoms. The molecule has 1 fully saturated rings. The molecule has 0 atom stereocenters. The lowest BCUT2D eigenvalue weighted by Crippen LogP contribution is -2.42. The maximum atomic E-state index is 11.9. The van der Waals surface area contributed by atoms with Crippen LogP contribution in [0.4, 0.5) is 0 Å². The predicted octanol–water partition coefficient (Wildman–Crippen LogP) is 2.95. The van der Waals surface area contributed by atoms with Gasteiger partial charge in [0.05, 0.1) is 6.54 Å². The normalized spacial score (nSPS) is 14.7. The molecule has 1 aromatic carbocycles. The molecule has 1 heterocycles. The highest BCUT2D eigenvalue weighted by Crippen LogP contribution is 2.20. The number of piperidine rings is 1. The maximum absolute atomic E-state index is 11.9. The molecule has 1 aliphatic rings. The number of halogens is 1. The van der Waals surface area contributed by atoms with Gasteiger partial charge in [-0.1, -0.05) is 11.6 Å². The number of amides is 2. The first-order chi connectivity index (χ1) is 10.6. The van der Waals surface area contributed by atoms with Crippen LogP contribution in [0.1, 0.15) is 25.7 Å². The fourth-order valence-corrected chi connectivity index (χ4v) is 3.29. The zero-order valence-corrected chi connectivity index (χ0v) is 14.1. The van der Waals surface area contributed by atoms with Crippen LogP contribution < -0.4 is 5.32 Å². The van der Waals surface area contributed by atoms with Gasteiger partial charge in [0.25, 0.3) is 0 Å². The summed E-state index contributed by atoms with van der Waals surface area (Å²) in [5.41, 5.74) is 0. The molecule has 1 aliphatic heterocycles. The average Bonchev–Trinajstić information content (AvgIpc) is 2.55. The monoisotopic (exact) mass is 340 g/mol. The van der Waals surface area contributed by atoms with Crippen molar-refractivity contribution in [1.29, 1.82) is 0 Å². The molecule has 2 amide bonds. The third-order valence-corrected chi connectivity index (χ3v) is 4.82. The van der Waals surface area contributed by atoms with Gasteiger partial charge >= 0.3 is 0 Å². The highest BCUT2D eigenvalue weighted by atomic mass is 35.5. The van der Waals surface area contributed by atoms with Crippen molar-refractivity contribution in [2.24, 2.45) is 0 Å². The van der Waals surface area contributed by atoms with Crippen LogP contribution in [0.15, 0.2) is 29.2 Å². The molecule has 0 aliphatic carbocycles. The number of benzene rings is 1. The SMILES string of the molecule is O=C(CCSc1ccc(Cl)cc1)NCC(=O)N1CCCCC1. The summed E-state index contributed by atoms with van der Waals surface area (Å²) in [6.07, 6.45) is 3.73. The second-order valence-electron chi connectivity index (χ2n) is 5.27. The van der Waals surface area contributed by atoms with Gasteiger partial charge in [-0.2, -0.15) is 0 Å². The van der Waals surface area contributed by atoms with Crippen molar-refractivity contribution < 1.29 is 9.59 Å². The van der Waals surface area contributed by atoms with Gasteiger partial charge in [0.15, 0.2) is 0 Å². The minimum atomic E-state index is -0.0770. The summed E-state index contributed by atoms with van der Waals surface area (Å²) in [6, 6.07) is 7.54. The Morgan fingerprint density at radius 3 is 2.50 bits per heavy atom. The van der Waals surface area contributed by atoms with E-state index in [0.29, 0.717) is 17.2 Å². The Kier molecular flexibility index (Phi) is 7.06. The van der Waals surface area contributed by atoms with Crippen LogP contribution in [-0.2, 0) is 9.59 Å². The van der Waals surface area contributed by atoms with Gasteiger partial charge in [-0.15, -0.1) is 11.8 Å². The number of thioether (sulfide) groups is 1. The quantitative estimate of drug-likeness (QED) is 0.810. The smallest absolute Gasteiger partial charge is 0.241 e. The summed E-state index contributed by atoms with van der Waals surface area (Å²) in [7, 11) is 0. The van der Waals surface area contributed by atoms with Crippen LogP contribution >= 0.6 is 23.4 Å². The molecule has 0 unspecified atom stereocenters. The molecule has 0 aromatic heterocycles. The Balaban J connectivity index is 1.61. The number of nitrogens with zero attached hydrogens (tertiary/aromatic N) is 1. The number of hydrogen-bond donors (Lipinski definition) is 1. The fourth-order valence-electron chi connectivity index (χ4n) is 2.31. The Labute approximate surface area is 140 Å². The van der Waals surface area contributed by atoms with E-state index in [1.807, 2.05) is 29.2 Å². The van der Waals surface area contributed by atoms with Gasteiger partial charge in [-0.25, -0.2) is 0 Å². The summed E-state index contributed by atoms with van der Waals surface area (Å²) in [5, 5.41) is 3.42. The molecule has 0 spiro atoms. The lowest BCUT2D eigenvalue weighted by Gasteiger charge is -2.26. The lowest BCUT2D eigenvalue weighted by molar-refractivity contribution is -0.133. The van der Waals surface area contributed by atoms with Crippen molar-refractivity contribution in [3.05, 3.63) is 29.3 Å². The summed E-state index contributed by atoms with van der Waals surface area (Å²) < 4.78 is 0. The van der Waals surface area contributed by atoms with Crippen molar-refractivity contribution in [3.8, 4) is 0 Å².